The fourth-order valence-electron chi connectivity index (χ4n) is 2.30. The van der Waals surface area contributed by atoms with E-state index in [1.54, 1.807) is 17.5 Å². The molecule has 0 aliphatic carbocycles. The second kappa shape index (κ2) is 4.75. The number of para-hydroxylation sites is 1. The maximum Gasteiger partial charge on any atom is 0.215 e. The molecule has 0 unspecified atom stereocenters. The van der Waals surface area contributed by atoms with Crippen molar-refractivity contribution in [2.45, 2.75) is 6.54 Å². The number of nitrogens with zero attached hydrogens (tertiary/aromatic N) is 3. The van der Waals surface area contributed by atoms with Crippen molar-refractivity contribution >= 4 is 28.1 Å². The van der Waals surface area contributed by atoms with Crippen molar-refractivity contribution in [2.24, 2.45) is 0 Å². The maximum atomic E-state index is 5.91. The third-order valence-electron chi connectivity index (χ3n) is 3.26. The molecular weight excluding hydrogens is 284 g/mol. The van der Waals surface area contributed by atoms with Gasteiger partial charge in [-0.05, 0) is 23.6 Å². The molecular formula is C15H12N4OS. The summed E-state index contributed by atoms with van der Waals surface area (Å²) in [6.07, 6.45) is 3.71. The van der Waals surface area contributed by atoms with Crippen molar-refractivity contribution in [1.82, 2.24) is 14.5 Å². The summed E-state index contributed by atoms with van der Waals surface area (Å²) < 4.78 is 7.78. The highest BCUT2D eigenvalue weighted by molar-refractivity contribution is 7.13. The fourth-order valence-corrected chi connectivity index (χ4v) is 3.03. The summed E-state index contributed by atoms with van der Waals surface area (Å²) in [5.41, 5.74) is 7.97. The van der Waals surface area contributed by atoms with Crippen LogP contribution in [0.1, 0.15) is 5.89 Å². The Balaban J connectivity index is 1.72. The number of thiophene rings is 1. The summed E-state index contributed by atoms with van der Waals surface area (Å²) in [4.78, 5) is 10.00. The number of anilines is 1. The molecule has 2 N–H and O–H groups in total. The zero-order chi connectivity index (χ0) is 14.2. The smallest absolute Gasteiger partial charge is 0.215 e. The van der Waals surface area contributed by atoms with Gasteiger partial charge in [-0.15, -0.1) is 11.3 Å². The number of benzene rings is 1. The predicted molar refractivity (Wildman–Crippen MR) is 83.1 cm³/mol. The normalized spacial score (nSPS) is 11.2. The van der Waals surface area contributed by atoms with Gasteiger partial charge in [-0.2, -0.15) is 0 Å². The molecule has 0 amide bonds. The van der Waals surface area contributed by atoms with Crippen molar-refractivity contribution in [1.29, 1.82) is 0 Å². The zero-order valence-electron chi connectivity index (χ0n) is 11.1. The summed E-state index contributed by atoms with van der Waals surface area (Å²) in [5.74, 6) is 1.54. The Bertz CT molecular complexity index is 892. The van der Waals surface area contributed by atoms with Crippen LogP contribution in [0, 0.1) is 0 Å². The molecule has 6 heteroatoms. The Morgan fingerprint density at radius 3 is 3.00 bits per heavy atom. The minimum atomic E-state index is 0.529. The first-order valence-corrected chi connectivity index (χ1v) is 7.38. The lowest BCUT2D eigenvalue weighted by molar-refractivity contribution is 0.510. The fraction of sp³-hybridized carbons (Fsp3) is 0.0667. The van der Waals surface area contributed by atoms with E-state index in [0.717, 1.165) is 10.7 Å². The summed E-state index contributed by atoms with van der Waals surface area (Å²) in [6, 6.07) is 9.62. The number of hydrogen-bond donors (Lipinski definition) is 1. The highest BCUT2D eigenvalue weighted by Crippen LogP contribution is 2.25. The molecule has 0 saturated heterocycles. The van der Waals surface area contributed by atoms with Crippen molar-refractivity contribution in [2.75, 3.05) is 5.73 Å². The molecule has 5 nitrogen and oxygen atoms in total. The summed E-state index contributed by atoms with van der Waals surface area (Å²) in [7, 11) is 0. The Labute approximate surface area is 124 Å². The molecule has 0 radical (unpaired) electrons. The topological polar surface area (TPSA) is 69.9 Å². The average molecular weight is 296 g/mol. The molecule has 104 valence electrons. The van der Waals surface area contributed by atoms with Crippen LogP contribution in [-0.4, -0.2) is 14.5 Å². The van der Waals surface area contributed by atoms with Crippen LogP contribution in [0.4, 0.5) is 5.69 Å². The first kappa shape index (κ1) is 12.2. The van der Waals surface area contributed by atoms with E-state index in [-0.39, 0.29) is 0 Å². The van der Waals surface area contributed by atoms with Gasteiger partial charge in [0.1, 0.15) is 17.9 Å². The van der Waals surface area contributed by atoms with Crippen LogP contribution in [-0.2, 0) is 6.54 Å². The van der Waals surface area contributed by atoms with E-state index in [2.05, 4.69) is 9.97 Å². The van der Waals surface area contributed by atoms with Crippen molar-refractivity contribution in [3.8, 4) is 10.7 Å². The standard InChI is InChI=1S/C15H12N4OS/c16-10-3-1-4-11-14(10)18-13(20-11)9-19-7-6-17-15(19)12-5-2-8-21-12/h1-8H,9,16H2. The van der Waals surface area contributed by atoms with E-state index in [4.69, 9.17) is 10.2 Å². The minimum absolute atomic E-state index is 0.529. The Kier molecular flexibility index (Phi) is 2.75. The largest absolute Gasteiger partial charge is 0.439 e. The maximum absolute atomic E-state index is 5.91. The van der Waals surface area contributed by atoms with Gasteiger partial charge in [-0.25, -0.2) is 9.97 Å². The van der Waals surface area contributed by atoms with Crippen molar-refractivity contribution in [3.05, 3.63) is 54.0 Å². The lowest BCUT2D eigenvalue weighted by atomic mass is 10.3. The van der Waals surface area contributed by atoms with Gasteiger partial charge in [0.15, 0.2) is 5.58 Å². The lowest BCUT2D eigenvalue weighted by Gasteiger charge is -2.02. The zero-order valence-corrected chi connectivity index (χ0v) is 11.9. The van der Waals surface area contributed by atoms with Crippen molar-refractivity contribution < 1.29 is 4.42 Å². The second-order valence-corrected chi connectivity index (χ2v) is 5.61. The van der Waals surface area contributed by atoms with Gasteiger partial charge in [0.2, 0.25) is 5.89 Å². The number of imidazole rings is 1. The highest BCUT2D eigenvalue weighted by atomic mass is 32.1. The number of oxazole rings is 1. The van der Waals surface area contributed by atoms with Gasteiger partial charge in [0.05, 0.1) is 10.6 Å². The Morgan fingerprint density at radius 2 is 2.19 bits per heavy atom. The minimum Gasteiger partial charge on any atom is -0.439 e. The Hall–Kier alpha value is -2.60. The first-order chi connectivity index (χ1) is 10.3. The molecule has 3 aromatic heterocycles. The number of rotatable bonds is 3. The monoisotopic (exact) mass is 296 g/mol. The summed E-state index contributed by atoms with van der Waals surface area (Å²) in [5, 5.41) is 2.04. The van der Waals surface area contributed by atoms with Crippen LogP contribution >= 0.6 is 11.3 Å². The summed E-state index contributed by atoms with van der Waals surface area (Å²) >= 11 is 1.66. The molecule has 0 bridgehead atoms. The van der Waals surface area contributed by atoms with Crippen LogP contribution in [0.2, 0.25) is 0 Å². The average Bonchev–Trinajstić information content (AvgIpc) is 3.17. The quantitative estimate of drug-likeness (QED) is 0.588. The van der Waals surface area contributed by atoms with E-state index >= 15 is 0 Å². The lowest BCUT2D eigenvalue weighted by Crippen LogP contribution is -2.00. The summed E-state index contributed by atoms with van der Waals surface area (Å²) in [6.45, 7) is 0.529. The number of fused-ring (bicyclic) bond motifs is 1. The molecule has 1 aromatic carbocycles. The number of nitrogen functional groups attached to an aromatic ring is 1. The number of hydrogen-bond acceptors (Lipinski definition) is 5. The number of aromatic nitrogens is 3. The molecule has 0 spiro atoms. The molecule has 4 aromatic rings. The van der Waals surface area contributed by atoms with Gasteiger partial charge in [-0.1, -0.05) is 12.1 Å². The van der Waals surface area contributed by atoms with Gasteiger partial charge >= 0.3 is 0 Å². The number of nitrogens with two attached hydrogens (primary N) is 1. The van der Waals surface area contributed by atoms with E-state index in [1.807, 2.05) is 46.5 Å². The van der Waals surface area contributed by atoms with Gasteiger partial charge in [0.25, 0.3) is 0 Å². The molecule has 0 fully saturated rings. The third-order valence-corrected chi connectivity index (χ3v) is 4.12. The van der Waals surface area contributed by atoms with Crippen LogP contribution in [0.5, 0.6) is 0 Å². The molecule has 0 aliphatic rings. The predicted octanol–water partition coefficient (Wildman–Crippen LogP) is 3.38. The van der Waals surface area contributed by atoms with E-state index in [0.29, 0.717) is 29.2 Å². The Morgan fingerprint density at radius 1 is 1.24 bits per heavy atom. The molecule has 0 aliphatic heterocycles. The van der Waals surface area contributed by atoms with E-state index < -0.39 is 0 Å². The molecule has 0 atom stereocenters. The van der Waals surface area contributed by atoms with Gasteiger partial charge in [-0.3, -0.25) is 0 Å². The molecule has 21 heavy (non-hydrogen) atoms. The van der Waals surface area contributed by atoms with Crippen LogP contribution in [0.25, 0.3) is 21.8 Å². The van der Waals surface area contributed by atoms with Gasteiger partial charge in [0, 0.05) is 12.4 Å². The van der Waals surface area contributed by atoms with E-state index in [1.165, 1.54) is 0 Å². The third kappa shape index (κ3) is 2.09. The first-order valence-electron chi connectivity index (χ1n) is 6.50. The molecule has 0 saturated carbocycles. The molecule has 3 heterocycles. The van der Waals surface area contributed by atoms with Gasteiger partial charge < -0.3 is 14.7 Å². The van der Waals surface area contributed by atoms with Crippen molar-refractivity contribution in [3.63, 3.8) is 0 Å². The SMILES string of the molecule is Nc1cccc2oc(Cn3ccnc3-c3cccs3)nc12. The highest BCUT2D eigenvalue weighted by Gasteiger charge is 2.12. The van der Waals surface area contributed by atoms with Crippen LogP contribution in [0.3, 0.4) is 0 Å². The van der Waals surface area contributed by atoms with Crippen LogP contribution < -0.4 is 5.73 Å². The van der Waals surface area contributed by atoms with E-state index in [9.17, 15) is 0 Å². The molecule has 4 rings (SSSR count). The second-order valence-electron chi connectivity index (χ2n) is 4.66. The van der Waals surface area contributed by atoms with Crippen LogP contribution in [0.15, 0.2) is 52.5 Å².